The van der Waals surface area contributed by atoms with E-state index in [9.17, 15) is 8.42 Å². The van der Waals surface area contributed by atoms with Gasteiger partial charge in [-0.1, -0.05) is 121 Å². The van der Waals surface area contributed by atoms with Gasteiger partial charge in [-0.3, -0.25) is 4.74 Å². The smallest absolute Gasteiger partial charge is 0.182 e. The van der Waals surface area contributed by atoms with Gasteiger partial charge < -0.3 is 0 Å². The van der Waals surface area contributed by atoms with E-state index in [4.69, 9.17) is 16.3 Å². The van der Waals surface area contributed by atoms with Gasteiger partial charge in [0.2, 0.25) is 0 Å². The van der Waals surface area contributed by atoms with E-state index in [1.807, 2.05) is 60.7 Å². The molecule has 0 fully saturated rings. The molecular weight excluding hydrogens is 517 g/mol. The monoisotopic (exact) mass is 541 g/mol. The van der Waals surface area contributed by atoms with Crippen molar-refractivity contribution in [1.82, 2.24) is 0 Å². The molecule has 0 spiro atoms. The Balaban J connectivity index is 1.81. The summed E-state index contributed by atoms with van der Waals surface area (Å²) in [7, 11) is -6.18. The van der Waals surface area contributed by atoms with Gasteiger partial charge >= 0.3 is 0 Å². The Labute approximate surface area is 223 Å². The molecule has 184 valence electrons. The molecule has 0 bridgehead atoms. The lowest BCUT2D eigenvalue weighted by Gasteiger charge is -2.27. The minimum absolute atomic E-state index is 0.200. The summed E-state index contributed by atoms with van der Waals surface area (Å²) in [5.41, 5.74) is 1.19. The minimum Gasteiger partial charge on any atom is -0.254 e. The van der Waals surface area contributed by atoms with Gasteiger partial charge in [0.1, 0.15) is 0 Å². The predicted octanol–water partition coefficient (Wildman–Crippen LogP) is 7.12. The zero-order chi connectivity index (χ0) is 25.7. The molecule has 0 saturated heterocycles. The van der Waals surface area contributed by atoms with Crippen molar-refractivity contribution >= 4 is 50.1 Å². The second-order valence-electron chi connectivity index (χ2n) is 8.59. The summed E-state index contributed by atoms with van der Waals surface area (Å²) in [5, 5.41) is 3.72. The van der Waals surface area contributed by atoms with E-state index in [1.165, 1.54) is 0 Å². The standard InChI is InChI=1S/C31H25ClNO2PS/c32-26-21-22-31(25(23-26)24-37(34,35)30-19-11-4-12-20-30)33-36(27-13-5-1-6-14-27,28-15-7-2-8-16-28)29-17-9-3-10-18-29/h1-23H,24H2. The molecule has 0 atom stereocenters. The molecule has 37 heavy (non-hydrogen) atoms. The summed E-state index contributed by atoms with van der Waals surface area (Å²) < 4.78 is 32.2. The summed E-state index contributed by atoms with van der Waals surface area (Å²) in [6.45, 7) is 0. The third kappa shape index (κ3) is 5.33. The molecule has 0 unspecified atom stereocenters. The van der Waals surface area contributed by atoms with Gasteiger partial charge in [0.25, 0.3) is 0 Å². The molecule has 3 nitrogen and oxygen atoms in total. The predicted molar refractivity (Wildman–Crippen MR) is 156 cm³/mol. The van der Waals surface area contributed by atoms with Gasteiger partial charge in [0, 0.05) is 20.9 Å². The number of hydrogen-bond acceptors (Lipinski definition) is 3. The van der Waals surface area contributed by atoms with Crippen molar-refractivity contribution in [3.8, 4) is 0 Å². The highest BCUT2D eigenvalue weighted by Gasteiger charge is 2.28. The molecular formula is C31H25ClNO2PS. The Morgan fingerprint density at radius 3 is 1.49 bits per heavy atom. The minimum atomic E-state index is -3.61. The van der Waals surface area contributed by atoms with E-state index >= 15 is 0 Å². The van der Waals surface area contributed by atoms with E-state index in [-0.39, 0.29) is 10.6 Å². The number of hydrogen-bond donors (Lipinski definition) is 0. The van der Waals surface area contributed by atoms with Crippen LogP contribution in [0.5, 0.6) is 0 Å². The Morgan fingerprint density at radius 1 is 0.595 bits per heavy atom. The van der Waals surface area contributed by atoms with Crippen molar-refractivity contribution in [2.24, 2.45) is 4.74 Å². The maximum atomic E-state index is 13.4. The number of halogens is 1. The lowest BCUT2D eigenvalue weighted by molar-refractivity contribution is 0.595. The summed E-state index contributed by atoms with van der Waals surface area (Å²) in [6.07, 6.45) is 0. The number of nitrogens with zero attached hydrogens (tertiary/aromatic N) is 1. The van der Waals surface area contributed by atoms with Crippen molar-refractivity contribution in [1.29, 1.82) is 0 Å². The molecule has 5 aromatic rings. The van der Waals surface area contributed by atoms with Crippen molar-refractivity contribution in [2.45, 2.75) is 10.6 Å². The highest BCUT2D eigenvalue weighted by molar-refractivity contribution is 7.90. The summed E-state index contributed by atoms with van der Waals surface area (Å²) in [4.78, 5) is 0.274. The Morgan fingerprint density at radius 2 is 1.03 bits per heavy atom. The zero-order valence-electron chi connectivity index (χ0n) is 20.0. The fourth-order valence-electron chi connectivity index (χ4n) is 4.40. The van der Waals surface area contributed by atoms with Gasteiger partial charge in [-0.05, 0) is 35.9 Å². The van der Waals surface area contributed by atoms with Crippen LogP contribution in [0.25, 0.3) is 0 Å². The molecule has 5 aromatic carbocycles. The van der Waals surface area contributed by atoms with E-state index in [1.54, 1.807) is 42.5 Å². The van der Waals surface area contributed by atoms with E-state index < -0.39 is 16.9 Å². The lowest BCUT2D eigenvalue weighted by Crippen LogP contribution is -2.25. The second-order valence-corrected chi connectivity index (χ2v) is 14.0. The van der Waals surface area contributed by atoms with Gasteiger partial charge in [-0.2, -0.15) is 0 Å². The van der Waals surface area contributed by atoms with Gasteiger partial charge in [-0.25, -0.2) is 8.42 Å². The Hall–Kier alpha value is -3.43. The van der Waals surface area contributed by atoms with Crippen molar-refractivity contribution < 1.29 is 8.42 Å². The van der Waals surface area contributed by atoms with E-state index in [0.717, 1.165) is 15.9 Å². The first-order valence-corrected chi connectivity index (χ1v) is 15.6. The molecule has 0 aliphatic heterocycles. The van der Waals surface area contributed by atoms with Crippen LogP contribution in [0.3, 0.4) is 0 Å². The molecule has 0 amide bonds. The van der Waals surface area contributed by atoms with Crippen LogP contribution in [-0.4, -0.2) is 8.42 Å². The van der Waals surface area contributed by atoms with Crippen LogP contribution in [0, 0.1) is 0 Å². The molecule has 0 radical (unpaired) electrons. The molecule has 5 rings (SSSR count). The topological polar surface area (TPSA) is 46.5 Å². The van der Waals surface area contributed by atoms with Crippen LogP contribution in [-0.2, 0) is 15.6 Å². The number of rotatable bonds is 7. The van der Waals surface area contributed by atoms with Gasteiger partial charge in [0.05, 0.1) is 23.4 Å². The normalized spacial score (nSPS) is 11.7. The molecule has 0 aromatic heterocycles. The highest BCUT2D eigenvalue weighted by atomic mass is 35.5. The van der Waals surface area contributed by atoms with Crippen LogP contribution < -0.4 is 15.9 Å². The fraction of sp³-hybridized carbons (Fsp3) is 0.0323. The second kappa shape index (κ2) is 10.9. The lowest BCUT2D eigenvalue weighted by atomic mass is 10.2. The average molecular weight is 542 g/mol. The Kier molecular flexibility index (Phi) is 7.43. The molecule has 0 N–H and O–H groups in total. The fourth-order valence-corrected chi connectivity index (χ4v) is 9.54. The maximum absolute atomic E-state index is 13.4. The van der Waals surface area contributed by atoms with E-state index in [0.29, 0.717) is 16.3 Å². The Bertz CT molecular complexity index is 1560. The van der Waals surface area contributed by atoms with Gasteiger partial charge in [0.15, 0.2) is 9.84 Å². The largest absolute Gasteiger partial charge is 0.254 e. The first kappa shape index (κ1) is 25.2. The first-order valence-electron chi connectivity index (χ1n) is 11.8. The first-order chi connectivity index (χ1) is 18.0. The molecule has 0 heterocycles. The number of benzene rings is 5. The van der Waals surface area contributed by atoms with Crippen LogP contribution in [0.1, 0.15) is 5.56 Å². The summed E-state index contributed by atoms with van der Waals surface area (Å²) in [6, 6.07) is 44.6. The van der Waals surface area contributed by atoms with Crippen molar-refractivity contribution in [3.05, 3.63) is 150 Å². The third-order valence-electron chi connectivity index (χ3n) is 6.14. The van der Waals surface area contributed by atoms with Crippen LogP contribution >= 0.6 is 18.7 Å². The molecule has 0 aliphatic rings. The molecule has 0 aliphatic carbocycles. The van der Waals surface area contributed by atoms with Crippen LogP contribution in [0.2, 0.25) is 5.02 Å². The number of sulfone groups is 1. The molecule has 0 saturated carbocycles. The summed E-state index contributed by atoms with van der Waals surface area (Å²) >= 11 is 6.39. The third-order valence-corrected chi connectivity index (χ3v) is 11.7. The SMILES string of the molecule is O=S(=O)(Cc1cc(Cl)ccc1N=P(c1ccccc1)(c1ccccc1)c1ccccc1)c1ccccc1. The van der Waals surface area contributed by atoms with Crippen molar-refractivity contribution in [2.75, 3.05) is 0 Å². The quantitative estimate of drug-likeness (QED) is 0.206. The maximum Gasteiger partial charge on any atom is 0.182 e. The van der Waals surface area contributed by atoms with E-state index in [2.05, 4.69) is 36.4 Å². The van der Waals surface area contributed by atoms with Crippen LogP contribution in [0.15, 0.2) is 149 Å². The summed E-state index contributed by atoms with van der Waals surface area (Å²) in [5.74, 6) is -0.200. The average Bonchev–Trinajstić information content (AvgIpc) is 2.94. The molecule has 6 heteroatoms. The van der Waals surface area contributed by atoms with Crippen molar-refractivity contribution in [3.63, 3.8) is 0 Å². The zero-order valence-corrected chi connectivity index (χ0v) is 22.5. The van der Waals surface area contributed by atoms with Gasteiger partial charge in [-0.15, -0.1) is 0 Å². The highest BCUT2D eigenvalue weighted by Crippen LogP contribution is 2.50. The van der Waals surface area contributed by atoms with Crippen LogP contribution in [0.4, 0.5) is 5.69 Å².